The van der Waals surface area contributed by atoms with Gasteiger partial charge in [-0.1, -0.05) is 12.1 Å². The van der Waals surface area contributed by atoms with Gasteiger partial charge in [-0.3, -0.25) is 4.79 Å². The highest BCUT2D eigenvalue weighted by atomic mass is 32.2. The third-order valence-electron chi connectivity index (χ3n) is 4.21. The summed E-state index contributed by atoms with van der Waals surface area (Å²) in [6.45, 7) is 2.03. The molecule has 3 aromatic rings. The molecule has 156 valence electrons. The van der Waals surface area contributed by atoms with Crippen molar-refractivity contribution in [1.82, 2.24) is 9.71 Å². The van der Waals surface area contributed by atoms with E-state index in [1.165, 1.54) is 11.3 Å². The van der Waals surface area contributed by atoms with E-state index in [0.717, 1.165) is 17.5 Å². The lowest BCUT2D eigenvalue weighted by molar-refractivity contribution is 0.0977. The van der Waals surface area contributed by atoms with Crippen LogP contribution in [0.15, 0.2) is 48.5 Å². The van der Waals surface area contributed by atoms with E-state index >= 15 is 0 Å². The number of nitrogens with zero attached hydrogens (tertiary/aromatic N) is 4. The maximum Gasteiger partial charge on any atom is 0.284 e. The molecule has 0 radical (unpaired) electrons. The Hall–Kier alpha value is -3.73. The second-order valence-corrected chi connectivity index (χ2v) is 9.59. The topological polar surface area (TPSA) is 127 Å². The maximum absolute atomic E-state index is 12.3. The standard InChI is InChI=1S/C21H17N5O3S2/c1-14-19(20(27)25-31(2,28)29)24-21(30-14)26(18-8-6-15(11-22)7-9-18)13-17-5-3-4-16(10-17)12-23/h3-10H,13H2,1-2H3,(H,25,27). The third kappa shape index (κ3) is 5.45. The lowest BCUT2D eigenvalue weighted by atomic mass is 10.1. The molecule has 0 aliphatic rings. The van der Waals surface area contributed by atoms with Crippen molar-refractivity contribution in [2.75, 3.05) is 11.2 Å². The zero-order valence-corrected chi connectivity index (χ0v) is 18.3. The summed E-state index contributed by atoms with van der Waals surface area (Å²) in [5.74, 6) is -0.797. The van der Waals surface area contributed by atoms with Crippen LogP contribution in [0.5, 0.6) is 0 Å². The Morgan fingerprint density at radius 2 is 1.81 bits per heavy atom. The van der Waals surface area contributed by atoms with Gasteiger partial charge in [-0.25, -0.2) is 18.1 Å². The Labute approximate surface area is 184 Å². The summed E-state index contributed by atoms with van der Waals surface area (Å²) in [5, 5.41) is 18.7. The Morgan fingerprint density at radius 3 is 2.42 bits per heavy atom. The lowest BCUT2D eigenvalue weighted by Crippen LogP contribution is -2.30. The molecule has 31 heavy (non-hydrogen) atoms. The molecule has 0 bridgehead atoms. The molecule has 0 saturated carbocycles. The zero-order valence-electron chi connectivity index (χ0n) is 16.7. The average molecular weight is 452 g/mol. The van der Waals surface area contributed by atoms with E-state index in [1.54, 1.807) is 49.4 Å². The van der Waals surface area contributed by atoms with Crippen molar-refractivity contribution >= 4 is 38.1 Å². The molecule has 0 fully saturated rings. The Balaban J connectivity index is 2.03. The number of aromatic nitrogens is 1. The Bertz CT molecular complexity index is 1320. The van der Waals surface area contributed by atoms with Crippen LogP contribution < -0.4 is 9.62 Å². The number of carbonyl (C=O) groups excluding carboxylic acids is 1. The van der Waals surface area contributed by atoms with E-state index in [0.29, 0.717) is 27.7 Å². The summed E-state index contributed by atoms with van der Waals surface area (Å²) in [4.78, 5) is 19.1. The molecule has 0 aliphatic carbocycles. The van der Waals surface area contributed by atoms with Crippen molar-refractivity contribution in [3.05, 3.63) is 75.8 Å². The lowest BCUT2D eigenvalue weighted by Gasteiger charge is -2.22. The van der Waals surface area contributed by atoms with Gasteiger partial charge in [0.1, 0.15) is 5.69 Å². The number of rotatable bonds is 6. The van der Waals surface area contributed by atoms with Crippen LogP contribution in [0.4, 0.5) is 10.8 Å². The van der Waals surface area contributed by atoms with Gasteiger partial charge >= 0.3 is 0 Å². The smallest absolute Gasteiger partial charge is 0.284 e. The van der Waals surface area contributed by atoms with Crippen molar-refractivity contribution in [1.29, 1.82) is 10.5 Å². The molecule has 8 nitrogen and oxygen atoms in total. The second-order valence-electron chi connectivity index (χ2n) is 6.66. The Morgan fingerprint density at radius 1 is 1.13 bits per heavy atom. The minimum Gasteiger partial charge on any atom is -0.313 e. The molecule has 2 aromatic carbocycles. The SMILES string of the molecule is Cc1sc(N(Cc2cccc(C#N)c2)c2ccc(C#N)cc2)nc1C(=O)NS(C)(=O)=O. The number of aryl methyl sites for hydroxylation is 1. The third-order valence-corrected chi connectivity index (χ3v) is 5.76. The number of hydrogen-bond acceptors (Lipinski definition) is 8. The van der Waals surface area contributed by atoms with Crippen LogP contribution in [0.1, 0.15) is 32.1 Å². The number of nitrogens with one attached hydrogen (secondary N) is 1. The number of benzene rings is 2. The second kappa shape index (κ2) is 8.96. The highest BCUT2D eigenvalue weighted by Crippen LogP contribution is 2.33. The minimum absolute atomic E-state index is 0.0230. The Kier molecular flexibility index (Phi) is 6.35. The summed E-state index contributed by atoms with van der Waals surface area (Å²) in [6.07, 6.45) is 0.902. The van der Waals surface area contributed by atoms with Crippen molar-refractivity contribution in [3.63, 3.8) is 0 Å². The fourth-order valence-corrected chi connectivity index (χ4v) is 4.19. The van der Waals surface area contributed by atoms with Crippen LogP contribution in [0.25, 0.3) is 0 Å². The van der Waals surface area contributed by atoms with Gasteiger partial charge in [0.2, 0.25) is 10.0 Å². The zero-order chi connectivity index (χ0) is 22.6. The van der Waals surface area contributed by atoms with E-state index in [2.05, 4.69) is 17.1 Å². The molecular weight excluding hydrogens is 434 g/mol. The van der Waals surface area contributed by atoms with Crippen molar-refractivity contribution < 1.29 is 13.2 Å². The largest absolute Gasteiger partial charge is 0.313 e. The van der Waals surface area contributed by atoms with Gasteiger partial charge in [0.05, 0.1) is 36.1 Å². The first-order valence-corrected chi connectivity index (χ1v) is 11.7. The summed E-state index contributed by atoms with van der Waals surface area (Å²) >= 11 is 1.24. The van der Waals surface area contributed by atoms with Crippen molar-refractivity contribution in [2.24, 2.45) is 0 Å². The van der Waals surface area contributed by atoms with Gasteiger partial charge in [0, 0.05) is 10.6 Å². The minimum atomic E-state index is -3.73. The fraction of sp³-hybridized carbons (Fsp3) is 0.143. The normalized spacial score (nSPS) is 10.7. The van der Waals surface area contributed by atoms with Gasteiger partial charge in [-0.2, -0.15) is 10.5 Å². The van der Waals surface area contributed by atoms with Crippen LogP contribution >= 0.6 is 11.3 Å². The van der Waals surface area contributed by atoms with E-state index in [4.69, 9.17) is 5.26 Å². The summed E-state index contributed by atoms with van der Waals surface area (Å²) in [6, 6.07) is 18.2. The number of amides is 1. The first-order chi connectivity index (χ1) is 14.7. The summed E-state index contributed by atoms with van der Waals surface area (Å²) in [5.41, 5.74) is 2.61. The van der Waals surface area contributed by atoms with Crippen LogP contribution in [-0.4, -0.2) is 25.6 Å². The van der Waals surface area contributed by atoms with Crippen LogP contribution in [0, 0.1) is 29.6 Å². The maximum atomic E-state index is 12.3. The fourth-order valence-electron chi connectivity index (χ4n) is 2.83. The van der Waals surface area contributed by atoms with Crippen LogP contribution in [0.3, 0.4) is 0 Å². The summed E-state index contributed by atoms with van der Waals surface area (Å²) < 4.78 is 24.8. The quantitative estimate of drug-likeness (QED) is 0.609. The molecule has 1 heterocycles. The first kappa shape index (κ1) is 22.0. The number of hydrogen-bond donors (Lipinski definition) is 1. The molecule has 3 rings (SSSR count). The molecule has 10 heteroatoms. The number of nitriles is 2. The first-order valence-electron chi connectivity index (χ1n) is 8.96. The molecule has 0 unspecified atom stereocenters. The molecule has 0 saturated heterocycles. The highest BCUT2D eigenvalue weighted by molar-refractivity contribution is 7.89. The molecule has 0 atom stereocenters. The van der Waals surface area contributed by atoms with Crippen LogP contribution in [0.2, 0.25) is 0 Å². The number of thiazole rings is 1. The number of anilines is 2. The van der Waals surface area contributed by atoms with Gasteiger partial charge in [0.15, 0.2) is 5.13 Å². The predicted octanol–water partition coefficient (Wildman–Crippen LogP) is 3.22. The van der Waals surface area contributed by atoms with Crippen molar-refractivity contribution in [2.45, 2.75) is 13.5 Å². The number of carbonyl (C=O) groups is 1. The van der Waals surface area contributed by atoms with E-state index in [-0.39, 0.29) is 5.69 Å². The molecular formula is C21H17N5O3S2. The van der Waals surface area contributed by atoms with E-state index < -0.39 is 15.9 Å². The molecule has 1 amide bonds. The van der Waals surface area contributed by atoms with E-state index in [1.807, 2.05) is 15.7 Å². The predicted molar refractivity (Wildman–Crippen MR) is 117 cm³/mol. The molecule has 1 N–H and O–H groups in total. The molecule has 0 spiro atoms. The monoisotopic (exact) mass is 451 g/mol. The van der Waals surface area contributed by atoms with Gasteiger partial charge in [-0.15, -0.1) is 11.3 Å². The van der Waals surface area contributed by atoms with Crippen molar-refractivity contribution in [3.8, 4) is 12.1 Å². The molecule has 0 aliphatic heterocycles. The van der Waals surface area contributed by atoms with Gasteiger partial charge in [-0.05, 0) is 48.9 Å². The van der Waals surface area contributed by atoms with E-state index in [9.17, 15) is 18.5 Å². The number of sulfonamides is 1. The summed E-state index contributed by atoms with van der Waals surface area (Å²) in [7, 11) is -3.73. The highest BCUT2D eigenvalue weighted by Gasteiger charge is 2.22. The molecule has 1 aromatic heterocycles. The van der Waals surface area contributed by atoms with Gasteiger partial charge in [0.25, 0.3) is 5.91 Å². The van der Waals surface area contributed by atoms with Crippen LogP contribution in [-0.2, 0) is 16.6 Å². The average Bonchev–Trinajstić information content (AvgIpc) is 3.12. The van der Waals surface area contributed by atoms with Gasteiger partial charge < -0.3 is 4.90 Å².